The topological polar surface area (TPSA) is 48.1 Å². The Kier molecular flexibility index (Phi) is 7.72. The highest BCUT2D eigenvalue weighted by Crippen LogP contribution is 2.31. The number of benzene rings is 1. The van der Waals surface area contributed by atoms with Crippen LogP contribution < -0.4 is 0 Å². The van der Waals surface area contributed by atoms with Crippen molar-refractivity contribution in [1.29, 1.82) is 0 Å². The van der Waals surface area contributed by atoms with Gasteiger partial charge in [-0.1, -0.05) is 36.9 Å². The number of carbonyl (C=O) groups is 1. The fourth-order valence-electron chi connectivity index (χ4n) is 1.65. The molecule has 1 aliphatic heterocycles. The fourth-order valence-corrected chi connectivity index (χ4v) is 1.65. The summed E-state index contributed by atoms with van der Waals surface area (Å²) in [5, 5.41) is 0. The van der Waals surface area contributed by atoms with E-state index in [2.05, 4.69) is 6.58 Å². The molecule has 21 heavy (non-hydrogen) atoms. The number of ether oxygens (including phenoxy) is 3. The third-order valence-corrected chi connectivity index (χ3v) is 2.82. The van der Waals surface area contributed by atoms with E-state index in [-0.39, 0.29) is 18.2 Å². The molecule has 0 amide bonds. The highest BCUT2D eigenvalue weighted by molar-refractivity contribution is 5.87. The lowest BCUT2D eigenvalue weighted by atomic mass is 10.1. The Morgan fingerprint density at radius 3 is 2.29 bits per heavy atom. The van der Waals surface area contributed by atoms with Crippen LogP contribution in [0.2, 0.25) is 0 Å². The van der Waals surface area contributed by atoms with Gasteiger partial charge in [0.1, 0.15) is 6.10 Å². The summed E-state index contributed by atoms with van der Waals surface area (Å²) in [6.07, 6.45) is -0.323. The van der Waals surface area contributed by atoms with Crippen molar-refractivity contribution in [1.82, 2.24) is 0 Å². The van der Waals surface area contributed by atoms with Crippen molar-refractivity contribution in [3.05, 3.63) is 48.0 Å². The van der Waals surface area contributed by atoms with Gasteiger partial charge in [-0.3, -0.25) is 0 Å². The molecule has 0 bridgehead atoms. The van der Waals surface area contributed by atoms with Crippen molar-refractivity contribution in [3.8, 4) is 0 Å². The zero-order chi connectivity index (χ0) is 15.7. The molecular formula is C17H24O4. The van der Waals surface area contributed by atoms with Gasteiger partial charge in [-0.05, 0) is 26.3 Å². The molecule has 2 unspecified atom stereocenters. The van der Waals surface area contributed by atoms with E-state index in [9.17, 15) is 4.79 Å². The molecule has 1 aromatic carbocycles. The molecule has 0 N–H and O–H groups in total. The molecule has 1 aliphatic rings. The van der Waals surface area contributed by atoms with Crippen molar-refractivity contribution < 1.29 is 19.0 Å². The summed E-state index contributed by atoms with van der Waals surface area (Å²) >= 11 is 0. The SMILES string of the molecule is C=C(C)C(=O)OC(c1ccccc1)C1CO1.CCOCC. The number of carbonyl (C=O) groups excluding carboxylic acids is 1. The van der Waals surface area contributed by atoms with Gasteiger partial charge in [-0.15, -0.1) is 0 Å². The van der Waals surface area contributed by atoms with Crippen molar-refractivity contribution in [2.75, 3.05) is 19.8 Å². The minimum absolute atomic E-state index is 0.00861. The molecular weight excluding hydrogens is 268 g/mol. The summed E-state index contributed by atoms with van der Waals surface area (Å²) < 4.78 is 15.4. The van der Waals surface area contributed by atoms with Crippen LogP contribution in [0.1, 0.15) is 32.4 Å². The lowest BCUT2D eigenvalue weighted by molar-refractivity contribution is -0.145. The van der Waals surface area contributed by atoms with Gasteiger partial charge in [-0.2, -0.15) is 0 Å². The van der Waals surface area contributed by atoms with Crippen LogP contribution in [0.3, 0.4) is 0 Å². The average Bonchev–Trinajstić information content (AvgIpc) is 3.31. The van der Waals surface area contributed by atoms with Crippen molar-refractivity contribution >= 4 is 5.97 Å². The normalized spacial score (nSPS) is 17.2. The van der Waals surface area contributed by atoms with Gasteiger partial charge in [0.25, 0.3) is 0 Å². The Morgan fingerprint density at radius 2 is 1.90 bits per heavy atom. The van der Waals surface area contributed by atoms with E-state index in [0.717, 1.165) is 18.8 Å². The maximum absolute atomic E-state index is 11.5. The molecule has 4 heteroatoms. The van der Waals surface area contributed by atoms with Gasteiger partial charge in [0.2, 0.25) is 0 Å². The van der Waals surface area contributed by atoms with Gasteiger partial charge < -0.3 is 14.2 Å². The molecule has 0 aromatic heterocycles. The van der Waals surface area contributed by atoms with Crippen molar-refractivity contribution in [2.45, 2.75) is 33.0 Å². The van der Waals surface area contributed by atoms with E-state index in [1.165, 1.54) is 0 Å². The summed E-state index contributed by atoms with van der Waals surface area (Å²) in [5.41, 5.74) is 1.36. The highest BCUT2D eigenvalue weighted by Gasteiger charge is 2.36. The van der Waals surface area contributed by atoms with Gasteiger partial charge in [-0.25, -0.2) is 4.79 Å². The number of epoxide rings is 1. The molecule has 2 rings (SSSR count). The van der Waals surface area contributed by atoms with Crippen LogP contribution >= 0.6 is 0 Å². The maximum Gasteiger partial charge on any atom is 0.333 e. The molecule has 1 fully saturated rings. The van der Waals surface area contributed by atoms with Crippen LogP contribution in [0, 0.1) is 0 Å². The quantitative estimate of drug-likeness (QED) is 0.458. The minimum atomic E-state index is -0.371. The first-order valence-corrected chi connectivity index (χ1v) is 7.20. The van der Waals surface area contributed by atoms with Crippen LogP contribution in [0.25, 0.3) is 0 Å². The predicted molar refractivity (Wildman–Crippen MR) is 82.0 cm³/mol. The monoisotopic (exact) mass is 292 g/mol. The molecule has 2 atom stereocenters. The van der Waals surface area contributed by atoms with Crippen molar-refractivity contribution in [2.24, 2.45) is 0 Å². The first-order valence-electron chi connectivity index (χ1n) is 7.20. The number of rotatable bonds is 6. The highest BCUT2D eigenvalue weighted by atomic mass is 16.6. The summed E-state index contributed by atoms with van der Waals surface area (Å²) in [6.45, 7) is 11.5. The fraction of sp³-hybridized carbons (Fsp3) is 0.471. The largest absolute Gasteiger partial charge is 0.451 e. The molecule has 0 radical (unpaired) electrons. The van der Waals surface area contributed by atoms with E-state index in [4.69, 9.17) is 14.2 Å². The average molecular weight is 292 g/mol. The second-order valence-corrected chi connectivity index (χ2v) is 4.67. The van der Waals surface area contributed by atoms with Gasteiger partial charge in [0.15, 0.2) is 6.10 Å². The smallest absolute Gasteiger partial charge is 0.333 e. The van der Waals surface area contributed by atoms with E-state index >= 15 is 0 Å². The van der Waals surface area contributed by atoms with Crippen molar-refractivity contribution in [3.63, 3.8) is 0 Å². The minimum Gasteiger partial charge on any atom is -0.451 e. The zero-order valence-corrected chi connectivity index (χ0v) is 13.0. The van der Waals surface area contributed by atoms with E-state index in [0.29, 0.717) is 12.2 Å². The molecule has 0 saturated carbocycles. The van der Waals surface area contributed by atoms with Crippen LogP contribution in [0.4, 0.5) is 0 Å². The van der Waals surface area contributed by atoms with Crippen LogP contribution in [0.15, 0.2) is 42.5 Å². The Balaban J connectivity index is 0.000000383. The third-order valence-electron chi connectivity index (χ3n) is 2.82. The summed E-state index contributed by atoms with van der Waals surface area (Å²) in [6, 6.07) is 9.61. The Labute approximate surface area is 126 Å². The first kappa shape index (κ1) is 17.4. The number of hydrogen-bond donors (Lipinski definition) is 0. The molecule has 0 spiro atoms. The predicted octanol–water partition coefficient (Wildman–Crippen LogP) is 3.29. The lowest BCUT2D eigenvalue weighted by Gasteiger charge is -2.16. The van der Waals surface area contributed by atoms with E-state index in [1.54, 1.807) is 6.92 Å². The molecule has 1 aromatic rings. The van der Waals surface area contributed by atoms with Crippen LogP contribution in [0.5, 0.6) is 0 Å². The Bertz CT molecular complexity index is 435. The summed E-state index contributed by atoms with van der Waals surface area (Å²) in [5.74, 6) is -0.371. The summed E-state index contributed by atoms with van der Waals surface area (Å²) in [7, 11) is 0. The molecule has 116 valence electrons. The maximum atomic E-state index is 11.5. The molecule has 4 nitrogen and oxygen atoms in total. The summed E-state index contributed by atoms with van der Waals surface area (Å²) in [4.78, 5) is 11.5. The van der Waals surface area contributed by atoms with E-state index in [1.807, 2.05) is 44.2 Å². The standard InChI is InChI=1S/C13H14O3.C4H10O/c1-9(2)13(14)16-12(11-8-15-11)10-6-4-3-5-7-10;1-3-5-4-2/h3-7,11-12H,1,8H2,2H3;3-4H2,1-2H3. The molecule has 0 aliphatic carbocycles. The van der Waals surface area contributed by atoms with Gasteiger partial charge >= 0.3 is 5.97 Å². The lowest BCUT2D eigenvalue weighted by Crippen LogP contribution is -2.16. The van der Waals surface area contributed by atoms with E-state index < -0.39 is 0 Å². The second kappa shape index (κ2) is 9.32. The second-order valence-electron chi connectivity index (χ2n) is 4.67. The van der Waals surface area contributed by atoms with Crippen LogP contribution in [-0.2, 0) is 19.0 Å². The Hall–Kier alpha value is -1.65. The number of esters is 1. The number of hydrogen-bond acceptors (Lipinski definition) is 4. The Morgan fingerprint density at radius 1 is 1.33 bits per heavy atom. The third kappa shape index (κ3) is 6.56. The molecule has 1 saturated heterocycles. The zero-order valence-electron chi connectivity index (χ0n) is 13.0. The van der Waals surface area contributed by atoms with Gasteiger partial charge in [0.05, 0.1) is 6.61 Å². The van der Waals surface area contributed by atoms with Crippen LogP contribution in [-0.4, -0.2) is 31.9 Å². The van der Waals surface area contributed by atoms with Gasteiger partial charge in [0, 0.05) is 18.8 Å². The molecule has 1 heterocycles. The first-order chi connectivity index (χ1) is 10.1.